The van der Waals surface area contributed by atoms with Gasteiger partial charge in [-0.2, -0.15) is 13.2 Å². The van der Waals surface area contributed by atoms with E-state index in [0.29, 0.717) is 37.1 Å². The summed E-state index contributed by atoms with van der Waals surface area (Å²) in [6.45, 7) is 2.90. The van der Waals surface area contributed by atoms with Crippen molar-refractivity contribution in [2.24, 2.45) is 5.92 Å². The minimum atomic E-state index is -4.62. The van der Waals surface area contributed by atoms with Crippen molar-refractivity contribution in [2.45, 2.75) is 32.5 Å². The number of nitrogens with one attached hydrogen (secondary N) is 2. The molecule has 0 radical (unpaired) electrons. The first-order valence-electron chi connectivity index (χ1n) is 10.4. The van der Waals surface area contributed by atoms with Crippen LogP contribution in [-0.2, 0) is 22.3 Å². The maximum atomic E-state index is 13.6. The number of benzene rings is 2. The van der Waals surface area contributed by atoms with Gasteiger partial charge in [-0.25, -0.2) is 4.39 Å². The lowest BCUT2D eigenvalue weighted by molar-refractivity contribution is -0.137. The van der Waals surface area contributed by atoms with Gasteiger partial charge in [0.1, 0.15) is 5.82 Å². The average molecular weight is 486 g/mol. The van der Waals surface area contributed by atoms with Gasteiger partial charge in [-0.1, -0.05) is 23.7 Å². The number of piperidine rings is 1. The largest absolute Gasteiger partial charge is 0.417 e. The summed E-state index contributed by atoms with van der Waals surface area (Å²) in [6.07, 6.45) is -3.53. The van der Waals surface area contributed by atoms with Gasteiger partial charge in [-0.05, 0) is 68.2 Å². The summed E-state index contributed by atoms with van der Waals surface area (Å²) >= 11 is 5.59. The summed E-state index contributed by atoms with van der Waals surface area (Å²) in [4.78, 5) is 26.5. The Labute approximate surface area is 194 Å². The van der Waals surface area contributed by atoms with Crippen LogP contribution in [0.25, 0.3) is 0 Å². The van der Waals surface area contributed by atoms with E-state index in [-0.39, 0.29) is 36.4 Å². The van der Waals surface area contributed by atoms with Crippen molar-refractivity contribution in [1.29, 1.82) is 0 Å². The Hall–Kier alpha value is -2.65. The second-order valence-corrected chi connectivity index (χ2v) is 8.50. The van der Waals surface area contributed by atoms with Crippen molar-refractivity contribution in [2.75, 3.05) is 25.0 Å². The minimum absolute atomic E-state index is 0.000952. The number of hydrogen-bond donors (Lipinski definition) is 2. The predicted octanol–water partition coefficient (Wildman–Crippen LogP) is 4.77. The molecular formula is C23H24ClF4N3O2. The van der Waals surface area contributed by atoms with Gasteiger partial charge in [0.25, 0.3) is 0 Å². The summed E-state index contributed by atoms with van der Waals surface area (Å²) in [7, 11) is 0. The third kappa shape index (κ3) is 6.91. The summed E-state index contributed by atoms with van der Waals surface area (Å²) < 4.78 is 52.5. The van der Waals surface area contributed by atoms with Crippen LogP contribution in [0.3, 0.4) is 0 Å². The first kappa shape index (κ1) is 25.0. The van der Waals surface area contributed by atoms with Crippen LogP contribution in [0, 0.1) is 18.7 Å². The Bertz CT molecular complexity index is 1020. The summed E-state index contributed by atoms with van der Waals surface area (Å²) in [5, 5.41) is 4.84. The number of carbonyl (C=O) groups is 2. The molecule has 178 valence electrons. The fraction of sp³-hybridized carbons (Fsp3) is 0.391. The number of rotatable bonds is 6. The number of anilines is 1. The molecule has 2 aromatic carbocycles. The van der Waals surface area contributed by atoms with E-state index in [1.165, 1.54) is 12.1 Å². The third-order valence-corrected chi connectivity index (χ3v) is 5.91. The SMILES string of the molecule is Cc1ccc(CNC(=O)C2CCN(CC(=O)Nc3ccc(Cl)c(C(F)(F)F)c3)CC2)cc1F. The Morgan fingerprint density at radius 2 is 1.82 bits per heavy atom. The van der Waals surface area contributed by atoms with Crippen LogP contribution >= 0.6 is 11.6 Å². The number of alkyl halides is 3. The molecule has 1 fully saturated rings. The lowest BCUT2D eigenvalue weighted by Gasteiger charge is -2.30. The van der Waals surface area contributed by atoms with E-state index in [9.17, 15) is 27.2 Å². The molecule has 1 aliphatic rings. The number of amides is 2. The van der Waals surface area contributed by atoms with E-state index < -0.39 is 22.7 Å². The van der Waals surface area contributed by atoms with Crippen molar-refractivity contribution in [3.8, 4) is 0 Å². The van der Waals surface area contributed by atoms with Crippen LogP contribution in [0.5, 0.6) is 0 Å². The van der Waals surface area contributed by atoms with Gasteiger partial charge >= 0.3 is 6.18 Å². The van der Waals surface area contributed by atoms with Gasteiger partial charge in [-0.15, -0.1) is 0 Å². The van der Waals surface area contributed by atoms with E-state index in [2.05, 4.69) is 10.6 Å². The first-order valence-corrected chi connectivity index (χ1v) is 10.8. The molecule has 5 nitrogen and oxygen atoms in total. The Balaban J connectivity index is 1.44. The molecule has 0 saturated carbocycles. The van der Waals surface area contributed by atoms with Crippen LogP contribution in [0.15, 0.2) is 36.4 Å². The highest BCUT2D eigenvalue weighted by atomic mass is 35.5. The van der Waals surface area contributed by atoms with Crippen LogP contribution in [0.2, 0.25) is 5.02 Å². The zero-order valence-electron chi connectivity index (χ0n) is 17.9. The number of nitrogens with zero attached hydrogens (tertiary/aromatic N) is 1. The van der Waals surface area contributed by atoms with E-state index in [4.69, 9.17) is 11.6 Å². The van der Waals surface area contributed by atoms with Crippen LogP contribution in [-0.4, -0.2) is 36.3 Å². The summed E-state index contributed by atoms with van der Waals surface area (Å²) in [6, 6.07) is 8.03. The second kappa shape index (κ2) is 10.5. The third-order valence-electron chi connectivity index (χ3n) is 5.58. The maximum Gasteiger partial charge on any atom is 0.417 e. The number of halogens is 5. The molecule has 0 unspecified atom stereocenters. The van der Waals surface area contributed by atoms with Gasteiger partial charge in [0.15, 0.2) is 0 Å². The van der Waals surface area contributed by atoms with E-state index in [0.717, 1.165) is 12.1 Å². The zero-order valence-corrected chi connectivity index (χ0v) is 18.7. The molecule has 0 aromatic heterocycles. The molecule has 0 bridgehead atoms. The monoisotopic (exact) mass is 485 g/mol. The molecule has 1 saturated heterocycles. The highest BCUT2D eigenvalue weighted by Crippen LogP contribution is 2.36. The van der Waals surface area contributed by atoms with Crippen LogP contribution < -0.4 is 10.6 Å². The fourth-order valence-corrected chi connectivity index (χ4v) is 3.88. The maximum absolute atomic E-state index is 13.6. The first-order chi connectivity index (χ1) is 15.5. The van der Waals surface area contributed by atoms with Crippen LogP contribution in [0.1, 0.15) is 29.5 Å². The zero-order chi connectivity index (χ0) is 24.2. The molecule has 1 aliphatic heterocycles. The van der Waals surface area contributed by atoms with E-state index in [1.54, 1.807) is 19.1 Å². The van der Waals surface area contributed by atoms with Crippen LogP contribution in [0.4, 0.5) is 23.2 Å². The lowest BCUT2D eigenvalue weighted by Crippen LogP contribution is -2.43. The normalized spacial score (nSPS) is 15.3. The average Bonchev–Trinajstić information content (AvgIpc) is 2.75. The fourth-order valence-electron chi connectivity index (χ4n) is 3.66. The molecule has 0 spiro atoms. The molecule has 2 amide bonds. The van der Waals surface area contributed by atoms with Gasteiger partial charge in [0.2, 0.25) is 11.8 Å². The standard InChI is InChI=1S/C23H24ClF4N3O2/c1-14-2-3-15(10-20(14)25)12-29-22(33)16-6-8-31(9-7-16)13-21(32)30-17-4-5-19(24)18(11-17)23(26,27)28/h2-5,10-11,16H,6-9,12-13H2,1H3,(H,29,33)(H,30,32). The highest BCUT2D eigenvalue weighted by molar-refractivity contribution is 6.31. The molecule has 2 aromatic rings. The van der Waals surface area contributed by atoms with Gasteiger partial charge in [0.05, 0.1) is 17.1 Å². The Morgan fingerprint density at radius 1 is 1.12 bits per heavy atom. The van der Waals surface area contributed by atoms with E-state index in [1.807, 2.05) is 4.90 Å². The topological polar surface area (TPSA) is 61.4 Å². The molecule has 3 rings (SSSR count). The lowest BCUT2D eigenvalue weighted by atomic mass is 9.95. The van der Waals surface area contributed by atoms with Crippen molar-refractivity contribution < 1.29 is 27.2 Å². The molecule has 0 aliphatic carbocycles. The van der Waals surface area contributed by atoms with E-state index >= 15 is 0 Å². The van der Waals surface area contributed by atoms with Gasteiger partial charge < -0.3 is 10.6 Å². The number of carbonyl (C=O) groups excluding carboxylic acids is 2. The quantitative estimate of drug-likeness (QED) is 0.579. The predicted molar refractivity (Wildman–Crippen MR) is 117 cm³/mol. The molecule has 1 heterocycles. The number of likely N-dealkylation sites (tertiary alicyclic amines) is 1. The molecule has 0 atom stereocenters. The van der Waals surface area contributed by atoms with Crippen molar-refractivity contribution >= 4 is 29.1 Å². The van der Waals surface area contributed by atoms with Crippen molar-refractivity contribution in [3.63, 3.8) is 0 Å². The van der Waals surface area contributed by atoms with Crippen molar-refractivity contribution in [3.05, 3.63) is 63.9 Å². The Morgan fingerprint density at radius 3 is 2.45 bits per heavy atom. The van der Waals surface area contributed by atoms with Crippen molar-refractivity contribution in [1.82, 2.24) is 10.2 Å². The molecule has 2 N–H and O–H groups in total. The molecule has 33 heavy (non-hydrogen) atoms. The number of aryl methyl sites for hydroxylation is 1. The summed E-state index contributed by atoms with van der Waals surface area (Å²) in [5.74, 6) is -1.11. The second-order valence-electron chi connectivity index (χ2n) is 8.09. The highest BCUT2D eigenvalue weighted by Gasteiger charge is 2.33. The van der Waals surface area contributed by atoms with Gasteiger partial charge in [-0.3, -0.25) is 14.5 Å². The summed E-state index contributed by atoms with van der Waals surface area (Å²) in [5.41, 5.74) is 0.218. The molecular weight excluding hydrogens is 462 g/mol. The smallest absolute Gasteiger partial charge is 0.352 e. The minimum Gasteiger partial charge on any atom is -0.352 e. The molecule has 10 heteroatoms. The Kier molecular flexibility index (Phi) is 7.97. The number of hydrogen-bond acceptors (Lipinski definition) is 3. The van der Waals surface area contributed by atoms with Gasteiger partial charge in [0, 0.05) is 18.2 Å².